The van der Waals surface area contributed by atoms with Gasteiger partial charge in [0.25, 0.3) is 0 Å². The smallest absolute Gasteiger partial charge is 0.223 e. The number of amides is 1. The fourth-order valence-corrected chi connectivity index (χ4v) is 2.17. The van der Waals surface area contributed by atoms with Crippen molar-refractivity contribution in [3.8, 4) is 0 Å². The number of hydrogen-bond donors (Lipinski definition) is 2. The van der Waals surface area contributed by atoms with Crippen LogP contribution in [0, 0.1) is 0 Å². The summed E-state index contributed by atoms with van der Waals surface area (Å²) < 4.78 is 0. The number of nitrogens with zero attached hydrogens (tertiary/aromatic N) is 2. The van der Waals surface area contributed by atoms with Crippen LogP contribution in [0.25, 0.3) is 0 Å². The molecule has 0 radical (unpaired) electrons. The molecule has 18 heavy (non-hydrogen) atoms. The number of carbonyl (C=O) groups excluding carboxylic acids is 1. The van der Waals surface area contributed by atoms with Crippen LogP contribution in [0.4, 0.5) is 0 Å². The van der Waals surface area contributed by atoms with Crippen molar-refractivity contribution in [2.24, 2.45) is 10.7 Å². The van der Waals surface area contributed by atoms with Crippen molar-refractivity contribution in [1.82, 2.24) is 10.2 Å². The van der Waals surface area contributed by atoms with Crippen LogP contribution >= 0.6 is 0 Å². The molecule has 0 aliphatic heterocycles. The van der Waals surface area contributed by atoms with Gasteiger partial charge in [0.2, 0.25) is 5.91 Å². The molecule has 0 aromatic rings. The second-order valence-electron chi connectivity index (χ2n) is 5.14. The van der Waals surface area contributed by atoms with E-state index in [9.17, 15) is 4.79 Å². The van der Waals surface area contributed by atoms with Crippen molar-refractivity contribution in [3.05, 3.63) is 0 Å². The lowest BCUT2D eigenvalue weighted by Crippen LogP contribution is -2.40. The molecule has 1 saturated carbocycles. The lowest BCUT2D eigenvalue weighted by atomic mass is 10.1. The minimum atomic E-state index is 0.0843. The summed E-state index contributed by atoms with van der Waals surface area (Å²) in [7, 11) is 3.50. The summed E-state index contributed by atoms with van der Waals surface area (Å²) in [6, 6.07) is 0.459. The molecule has 3 N–H and O–H groups in total. The Morgan fingerprint density at radius 1 is 1.28 bits per heavy atom. The van der Waals surface area contributed by atoms with Gasteiger partial charge in [-0.2, -0.15) is 0 Å². The van der Waals surface area contributed by atoms with Gasteiger partial charge in [-0.1, -0.05) is 25.7 Å². The van der Waals surface area contributed by atoms with Crippen molar-refractivity contribution in [2.75, 3.05) is 20.6 Å². The molecule has 0 unspecified atom stereocenters. The molecule has 0 aromatic heterocycles. The van der Waals surface area contributed by atoms with Crippen LogP contribution in [0.2, 0.25) is 0 Å². The maximum atomic E-state index is 11.4. The molecule has 1 aliphatic carbocycles. The van der Waals surface area contributed by atoms with Crippen LogP contribution in [-0.2, 0) is 4.79 Å². The molecule has 0 bridgehead atoms. The normalized spacial score (nSPS) is 18.2. The summed E-state index contributed by atoms with van der Waals surface area (Å²) in [5.41, 5.74) is 5.83. The standard InChI is InChI=1S/C13H26N4O/c1-17(2)12(18)9-10-15-13(14)16-11-7-5-3-4-6-8-11/h11H,3-10H2,1-2H3,(H3,14,15,16). The van der Waals surface area contributed by atoms with E-state index in [1.165, 1.54) is 38.5 Å². The van der Waals surface area contributed by atoms with Crippen molar-refractivity contribution in [2.45, 2.75) is 51.0 Å². The Labute approximate surface area is 110 Å². The molecule has 0 aromatic carbocycles. The van der Waals surface area contributed by atoms with E-state index in [1.807, 2.05) is 0 Å². The molecule has 1 rings (SSSR count). The summed E-state index contributed by atoms with van der Waals surface area (Å²) in [4.78, 5) is 17.1. The van der Waals surface area contributed by atoms with Gasteiger partial charge in [-0.15, -0.1) is 0 Å². The van der Waals surface area contributed by atoms with Crippen LogP contribution < -0.4 is 11.1 Å². The Balaban J connectivity index is 2.25. The second kappa shape index (κ2) is 7.95. The average Bonchev–Trinajstić information content (AvgIpc) is 2.57. The monoisotopic (exact) mass is 254 g/mol. The van der Waals surface area contributed by atoms with Crippen LogP contribution in [0.15, 0.2) is 4.99 Å². The Morgan fingerprint density at radius 3 is 2.44 bits per heavy atom. The van der Waals surface area contributed by atoms with Crippen LogP contribution in [-0.4, -0.2) is 43.4 Å². The van der Waals surface area contributed by atoms with E-state index >= 15 is 0 Å². The molecule has 104 valence electrons. The van der Waals surface area contributed by atoms with E-state index in [2.05, 4.69) is 10.3 Å². The lowest BCUT2D eigenvalue weighted by Gasteiger charge is -2.16. The second-order valence-corrected chi connectivity index (χ2v) is 5.14. The van der Waals surface area contributed by atoms with E-state index < -0.39 is 0 Å². The highest BCUT2D eigenvalue weighted by Gasteiger charge is 2.12. The van der Waals surface area contributed by atoms with Gasteiger partial charge in [0.1, 0.15) is 0 Å². The van der Waals surface area contributed by atoms with Gasteiger partial charge < -0.3 is 16.0 Å². The molecule has 0 atom stereocenters. The van der Waals surface area contributed by atoms with E-state index in [1.54, 1.807) is 19.0 Å². The quantitative estimate of drug-likeness (QED) is 0.448. The number of nitrogens with one attached hydrogen (secondary N) is 1. The highest BCUT2D eigenvalue weighted by atomic mass is 16.2. The van der Waals surface area contributed by atoms with Gasteiger partial charge in [0.15, 0.2) is 5.96 Å². The van der Waals surface area contributed by atoms with Crippen LogP contribution in [0.3, 0.4) is 0 Å². The number of nitrogens with two attached hydrogens (primary N) is 1. The minimum Gasteiger partial charge on any atom is -0.370 e. The van der Waals surface area contributed by atoms with Crippen molar-refractivity contribution < 1.29 is 4.79 Å². The van der Waals surface area contributed by atoms with Gasteiger partial charge in [-0.25, -0.2) is 0 Å². The predicted octanol–water partition coefficient (Wildman–Crippen LogP) is 1.09. The van der Waals surface area contributed by atoms with E-state index in [0.717, 1.165) is 0 Å². The number of carbonyl (C=O) groups is 1. The van der Waals surface area contributed by atoms with Crippen molar-refractivity contribution >= 4 is 11.9 Å². The zero-order chi connectivity index (χ0) is 13.4. The average molecular weight is 254 g/mol. The van der Waals surface area contributed by atoms with E-state index in [4.69, 9.17) is 5.73 Å². The number of hydrogen-bond acceptors (Lipinski definition) is 2. The molecule has 0 spiro atoms. The first kappa shape index (κ1) is 14.8. The maximum Gasteiger partial charge on any atom is 0.223 e. The Morgan fingerprint density at radius 2 is 1.89 bits per heavy atom. The van der Waals surface area contributed by atoms with Crippen molar-refractivity contribution in [3.63, 3.8) is 0 Å². The third kappa shape index (κ3) is 5.89. The summed E-state index contributed by atoms with van der Waals surface area (Å²) in [6.45, 7) is 0.461. The number of aliphatic imine (C=N–C) groups is 1. The predicted molar refractivity (Wildman–Crippen MR) is 74.4 cm³/mol. The maximum absolute atomic E-state index is 11.4. The molecular weight excluding hydrogens is 228 g/mol. The first-order chi connectivity index (χ1) is 8.59. The number of rotatable bonds is 4. The Hall–Kier alpha value is -1.26. The lowest BCUT2D eigenvalue weighted by molar-refractivity contribution is -0.128. The van der Waals surface area contributed by atoms with Gasteiger partial charge in [0.05, 0.1) is 6.54 Å². The highest BCUT2D eigenvalue weighted by molar-refractivity contribution is 5.79. The highest BCUT2D eigenvalue weighted by Crippen LogP contribution is 2.16. The summed E-state index contributed by atoms with van der Waals surface area (Å²) in [5.74, 6) is 0.564. The Kier molecular flexibility index (Phi) is 6.54. The van der Waals surface area contributed by atoms with Crippen LogP contribution in [0.5, 0.6) is 0 Å². The van der Waals surface area contributed by atoms with Gasteiger partial charge >= 0.3 is 0 Å². The topological polar surface area (TPSA) is 70.7 Å². The molecule has 0 heterocycles. The molecule has 1 amide bonds. The zero-order valence-corrected chi connectivity index (χ0v) is 11.6. The van der Waals surface area contributed by atoms with Crippen molar-refractivity contribution in [1.29, 1.82) is 0 Å². The van der Waals surface area contributed by atoms with E-state index in [-0.39, 0.29) is 5.91 Å². The van der Waals surface area contributed by atoms with Gasteiger partial charge in [-0.3, -0.25) is 9.79 Å². The molecule has 5 heteroatoms. The van der Waals surface area contributed by atoms with Gasteiger partial charge in [-0.05, 0) is 12.8 Å². The molecule has 1 fully saturated rings. The largest absolute Gasteiger partial charge is 0.370 e. The minimum absolute atomic E-state index is 0.0843. The SMILES string of the molecule is CN(C)C(=O)CCN=C(N)NC1CCCCCC1. The molecule has 1 aliphatic rings. The van der Waals surface area contributed by atoms with Crippen LogP contribution in [0.1, 0.15) is 44.9 Å². The summed E-state index contributed by atoms with van der Waals surface area (Å²) in [5, 5.41) is 3.26. The Bertz CT molecular complexity index is 281. The summed E-state index contributed by atoms with van der Waals surface area (Å²) in [6.07, 6.45) is 7.95. The number of guanidine groups is 1. The fourth-order valence-electron chi connectivity index (χ4n) is 2.17. The molecule has 5 nitrogen and oxygen atoms in total. The fraction of sp³-hybridized carbons (Fsp3) is 0.846. The molecule has 0 saturated heterocycles. The zero-order valence-electron chi connectivity index (χ0n) is 11.6. The first-order valence-electron chi connectivity index (χ1n) is 6.86. The summed E-state index contributed by atoms with van der Waals surface area (Å²) >= 11 is 0. The van der Waals surface area contributed by atoms with Gasteiger partial charge in [0, 0.05) is 26.6 Å². The third-order valence-electron chi connectivity index (χ3n) is 3.31. The molecular formula is C13H26N4O. The van der Waals surface area contributed by atoms with E-state index in [0.29, 0.717) is 25.0 Å². The third-order valence-corrected chi connectivity index (χ3v) is 3.31. The first-order valence-corrected chi connectivity index (χ1v) is 6.86.